The number of carbonyl (C=O) groups is 2. The molecule has 0 spiro atoms. The molecule has 11 heteroatoms. The van der Waals surface area contributed by atoms with Crippen molar-refractivity contribution in [2.75, 3.05) is 30.3 Å². The topological polar surface area (TPSA) is 96.0 Å². The maximum absolute atomic E-state index is 13.5. The number of para-hydroxylation sites is 2. The Hall–Kier alpha value is -2.49. The number of likely N-dealkylation sites (N-methyl/N-ethyl adjacent to an activating group) is 1. The maximum Gasteiger partial charge on any atom is 0.244 e. The van der Waals surface area contributed by atoms with Gasteiger partial charge in [0.1, 0.15) is 18.3 Å². The van der Waals surface area contributed by atoms with Crippen LogP contribution in [0.3, 0.4) is 0 Å². The molecule has 0 saturated heterocycles. The van der Waals surface area contributed by atoms with Crippen LogP contribution >= 0.6 is 23.2 Å². The highest BCUT2D eigenvalue weighted by atomic mass is 35.5. The van der Waals surface area contributed by atoms with Crippen LogP contribution in [-0.2, 0) is 26.2 Å². The van der Waals surface area contributed by atoms with E-state index in [1.165, 1.54) is 4.90 Å². The lowest BCUT2D eigenvalue weighted by molar-refractivity contribution is -0.139. The second-order valence-corrected chi connectivity index (χ2v) is 10.2. The second-order valence-electron chi connectivity index (χ2n) is 7.50. The van der Waals surface area contributed by atoms with E-state index < -0.39 is 28.5 Å². The van der Waals surface area contributed by atoms with Gasteiger partial charge < -0.3 is 15.0 Å². The molecule has 2 aromatic carbocycles. The van der Waals surface area contributed by atoms with Gasteiger partial charge in [0.25, 0.3) is 0 Å². The number of benzene rings is 2. The fourth-order valence-corrected chi connectivity index (χ4v) is 4.59. The molecule has 0 radical (unpaired) electrons. The van der Waals surface area contributed by atoms with E-state index >= 15 is 0 Å². The number of anilines is 1. The van der Waals surface area contributed by atoms with Crippen molar-refractivity contribution in [3.63, 3.8) is 0 Å². The molecule has 186 valence electrons. The lowest BCUT2D eigenvalue weighted by Gasteiger charge is -2.32. The van der Waals surface area contributed by atoms with Gasteiger partial charge in [-0.25, -0.2) is 8.42 Å². The minimum atomic E-state index is -3.87. The molecule has 0 aliphatic heterocycles. The molecular formula is C23H29Cl2N3O5S. The number of hydrogen-bond acceptors (Lipinski definition) is 5. The molecule has 0 aromatic heterocycles. The molecule has 0 heterocycles. The van der Waals surface area contributed by atoms with Gasteiger partial charge in [0.2, 0.25) is 21.8 Å². The minimum Gasteiger partial charge on any atom is -0.492 e. The second kappa shape index (κ2) is 12.3. The third kappa shape index (κ3) is 7.25. The number of hydrogen-bond donors (Lipinski definition) is 1. The highest BCUT2D eigenvalue weighted by Crippen LogP contribution is 2.30. The predicted octanol–water partition coefficient (Wildman–Crippen LogP) is 3.71. The summed E-state index contributed by atoms with van der Waals surface area (Å²) in [6.45, 7) is 5.27. The van der Waals surface area contributed by atoms with Crippen LogP contribution in [0.25, 0.3) is 0 Å². The predicted molar refractivity (Wildman–Crippen MR) is 135 cm³/mol. The van der Waals surface area contributed by atoms with Crippen LogP contribution in [0.15, 0.2) is 42.5 Å². The summed E-state index contributed by atoms with van der Waals surface area (Å²) in [6.07, 6.45) is 1.01. The molecule has 0 saturated carbocycles. The molecule has 2 rings (SSSR count). The van der Waals surface area contributed by atoms with Gasteiger partial charge in [-0.3, -0.25) is 13.9 Å². The van der Waals surface area contributed by atoms with E-state index in [0.29, 0.717) is 34.5 Å². The first-order chi connectivity index (χ1) is 16.0. The van der Waals surface area contributed by atoms with E-state index in [0.717, 1.165) is 10.6 Å². The monoisotopic (exact) mass is 529 g/mol. The molecule has 1 N–H and O–H groups in total. The van der Waals surface area contributed by atoms with Gasteiger partial charge >= 0.3 is 0 Å². The van der Waals surface area contributed by atoms with Crippen molar-refractivity contribution < 1.29 is 22.7 Å². The van der Waals surface area contributed by atoms with Crippen molar-refractivity contribution in [2.45, 2.75) is 33.4 Å². The third-order valence-electron chi connectivity index (χ3n) is 4.99. The van der Waals surface area contributed by atoms with E-state index in [9.17, 15) is 18.0 Å². The smallest absolute Gasteiger partial charge is 0.244 e. The van der Waals surface area contributed by atoms with Crippen LogP contribution in [0.2, 0.25) is 10.0 Å². The Balaban J connectivity index is 2.46. The molecule has 0 fully saturated rings. The number of ether oxygens (including phenoxy) is 1. The van der Waals surface area contributed by atoms with Crippen molar-refractivity contribution in [1.82, 2.24) is 10.2 Å². The normalized spacial score (nSPS) is 12.1. The summed E-state index contributed by atoms with van der Waals surface area (Å²) in [4.78, 5) is 27.4. The first-order valence-corrected chi connectivity index (χ1v) is 13.3. The highest BCUT2D eigenvalue weighted by molar-refractivity contribution is 7.92. The Morgan fingerprint density at radius 1 is 1.12 bits per heavy atom. The number of rotatable bonds is 11. The zero-order valence-corrected chi connectivity index (χ0v) is 21.9. The number of carbonyl (C=O) groups excluding carboxylic acids is 2. The standard InChI is InChI=1S/C23H29Cl2N3O5S/c1-5-26-23(30)16(3)27(14-17-11-12-18(24)13-19(17)25)22(29)15-28(34(4,31)32)20-9-7-8-10-21(20)33-6-2/h7-13,16H,5-6,14-15H2,1-4H3,(H,26,30)/t16-/m1/s1. The molecule has 2 amide bonds. The fourth-order valence-electron chi connectivity index (χ4n) is 3.27. The van der Waals surface area contributed by atoms with Gasteiger partial charge in [-0.15, -0.1) is 0 Å². The lowest BCUT2D eigenvalue weighted by atomic mass is 10.1. The molecule has 1 atom stereocenters. The van der Waals surface area contributed by atoms with Crippen LogP contribution in [0.4, 0.5) is 5.69 Å². The molecule has 0 aliphatic rings. The number of sulfonamides is 1. The van der Waals surface area contributed by atoms with Gasteiger partial charge in [0.05, 0.1) is 18.6 Å². The van der Waals surface area contributed by atoms with E-state index in [1.54, 1.807) is 63.2 Å². The Kier molecular flexibility index (Phi) is 10.0. The van der Waals surface area contributed by atoms with Gasteiger partial charge in [-0.05, 0) is 50.6 Å². The SMILES string of the molecule is CCNC(=O)[C@@H](C)N(Cc1ccc(Cl)cc1Cl)C(=O)CN(c1ccccc1OCC)S(C)(=O)=O. The first kappa shape index (κ1) is 27.8. The maximum atomic E-state index is 13.5. The summed E-state index contributed by atoms with van der Waals surface area (Å²) in [5.41, 5.74) is 0.798. The summed E-state index contributed by atoms with van der Waals surface area (Å²) in [7, 11) is -3.87. The van der Waals surface area contributed by atoms with Crippen LogP contribution in [0.5, 0.6) is 5.75 Å². The van der Waals surface area contributed by atoms with E-state index in [-0.39, 0.29) is 18.1 Å². The van der Waals surface area contributed by atoms with Crippen LogP contribution in [0.1, 0.15) is 26.3 Å². The fraction of sp³-hybridized carbons (Fsp3) is 0.391. The Bertz CT molecular complexity index is 1130. The zero-order chi connectivity index (χ0) is 25.5. The number of amides is 2. The van der Waals surface area contributed by atoms with Gasteiger partial charge in [-0.1, -0.05) is 41.4 Å². The largest absolute Gasteiger partial charge is 0.492 e. The van der Waals surface area contributed by atoms with E-state index in [4.69, 9.17) is 27.9 Å². The molecular weight excluding hydrogens is 501 g/mol. The van der Waals surface area contributed by atoms with Crippen molar-refractivity contribution in [3.05, 3.63) is 58.1 Å². The summed E-state index contributed by atoms with van der Waals surface area (Å²) in [5.74, 6) is -0.629. The van der Waals surface area contributed by atoms with Crippen LogP contribution in [-0.4, -0.2) is 57.1 Å². The first-order valence-electron chi connectivity index (χ1n) is 10.7. The van der Waals surface area contributed by atoms with Crippen LogP contribution < -0.4 is 14.4 Å². The lowest BCUT2D eigenvalue weighted by Crippen LogP contribution is -2.51. The summed E-state index contributed by atoms with van der Waals surface area (Å²) in [6, 6.07) is 10.5. The molecule has 8 nitrogen and oxygen atoms in total. The summed E-state index contributed by atoms with van der Waals surface area (Å²) in [5, 5.41) is 3.45. The van der Waals surface area contributed by atoms with Crippen molar-refractivity contribution in [1.29, 1.82) is 0 Å². The Morgan fingerprint density at radius 3 is 2.38 bits per heavy atom. The van der Waals surface area contributed by atoms with Crippen molar-refractivity contribution in [3.8, 4) is 5.75 Å². The Morgan fingerprint density at radius 2 is 1.79 bits per heavy atom. The number of nitrogens with zero attached hydrogens (tertiary/aromatic N) is 2. The highest BCUT2D eigenvalue weighted by Gasteiger charge is 2.31. The van der Waals surface area contributed by atoms with Crippen LogP contribution in [0, 0.1) is 0 Å². The average Bonchev–Trinajstić information content (AvgIpc) is 2.76. The quantitative estimate of drug-likeness (QED) is 0.478. The van der Waals surface area contributed by atoms with Crippen molar-refractivity contribution >= 4 is 50.7 Å². The summed E-state index contributed by atoms with van der Waals surface area (Å²) < 4.78 is 31.9. The van der Waals surface area contributed by atoms with E-state index in [2.05, 4.69) is 5.32 Å². The number of nitrogens with one attached hydrogen (secondary N) is 1. The minimum absolute atomic E-state index is 0.0160. The molecule has 0 bridgehead atoms. The van der Waals surface area contributed by atoms with Gasteiger partial charge in [0, 0.05) is 23.1 Å². The Labute approximate surface area is 210 Å². The molecule has 0 unspecified atom stereocenters. The number of halogens is 2. The molecule has 0 aliphatic carbocycles. The zero-order valence-electron chi connectivity index (χ0n) is 19.5. The van der Waals surface area contributed by atoms with Crippen molar-refractivity contribution in [2.24, 2.45) is 0 Å². The third-order valence-corrected chi connectivity index (χ3v) is 6.70. The van der Waals surface area contributed by atoms with Gasteiger partial charge in [0.15, 0.2) is 0 Å². The summed E-state index contributed by atoms with van der Waals surface area (Å²) >= 11 is 12.3. The molecule has 34 heavy (non-hydrogen) atoms. The molecule has 2 aromatic rings. The average molecular weight is 530 g/mol. The van der Waals surface area contributed by atoms with Gasteiger partial charge in [-0.2, -0.15) is 0 Å². The van der Waals surface area contributed by atoms with E-state index in [1.807, 2.05) is 0 Å².